The average molecular weight is 578 g/mol. The summed E-state index contributed by atoms with van der Waals surface area (Å²) >= 11 is 1.31. The number of carboxylic acid groups (broad SMARTS) is 1. The number of nitrogens with two attached hydrogens (primary N) is 1. The van der Waals surface area contributed by atoms with Gasteiger partial charge in [0.05, 0.1) is 32.3 Å². The average Bonchev–Trinajstić information content (AvgIpc) is 2.91. The van der Waals surface area contributed by atoms with Crippen molar-refractivity contribution in [2.75, 3.05) is 37.9 Å². The highest BCUT2D eigenvalue weighted by molar-refractivity contribution is 7.99. The minimum Gasteiger partial charge on any atom is -0.481 e. The van der Waals surface area contributed by atoms with Gasteiger partial charge in [0.1, 0.15) is 17.7 Å². The lowest BCUT2D eigenvalue weighted by molar-refractivity contribution is -0.150. The van der Waals surface area contributed by atoms with E-state index in [0.29, 0.717) is 18.6 Å². The lowest BCUT2D eigenvalue weighted by Crippen LogP contribution is -2.36. The number of aliphatic carboxylic acids is 1. The molecule has 0 aliphatic heterocycles. The van der Waals surface area contributed by atoms with Crippen molar-refractivity contribution in [3.05, 3.63) is 0 Å². The SMILES string of the molecule is CCC(=O)OCCC(CSCC(N)C(=O)CC(CO)C(=O)CCCOCCC(=O)CCC(=O)O)OC(=O)CC. The standard InChI is InChI=1S/C26H43NO11S/c1-3-25(34)37-13-10-20(38-26(35)4-2)16-39-17-21(27)23(31)14-18(15-28)22(30)6-5-11-36-12-9-19(29)7-8-24(32)33/h18,20-21,28H,3-17,27H2,1-2H3,(H,32,33). The second kappa shape index (κ2) is 22.5. The molecule has 39 heavy (non-hydrogen) atoms. The summed E-state index contributed by atoms with van der Waals surface area (Å²) in [6.45, 7) is 3.30. The van der Waals surface area contributed by atoms with Crippen molar-refractivity contribution in [1.82, 2.24) is 0 Å². The van der Waals surface area contributed by atoms with Crippen molar-refractivity contribution in [3.8, 4) is 0 Å². The normalized spacial score (nSPS) is 13.2. The third-order valence-electron chi connectivity index (χ3n) is 5.57. The number of aliphatic hydroxyl groups is 1. The van der Waals surface area contributed by atoms with E-state index < -0.39 is 30.6 Å². The molecule has 3 unspecified atom stereocenters. The molecule has 0 bridgehead atoms. The number of ketones is 3. The van der Waals surface area contributed by atoms with E-state index in [-0.39, 0.29) is 99.8 Å². The van der Waals surface area contributed by atoms with Gasteiger partial charge >= 0.3 is 17.9 Å². The van der Waals surface area contributed by atoms with Gasteiger partial charge in [-0.1, -0.05) is 13.8 Å². The van der Waals surface area contributed by atoms with Crippen molar-refractivity contribution in [2.24, 2.45) is 11.7 Å². The quantitative estimate of drug-likeness (QED) is 0.104. The number of esters is 2. The van der Waals surface area contributed by atoms with Crippen LogP contribution in [0.2, 0.25) is 0 Å². The fourth-order valence-corrected chi connectivity index (χ4v) is 4.23. The second-order valence-corrected chi connectivity index (χ2v) is 9.96. The molecule has 0 aliphatic rings. The summed E-state index contributed by atoms with van der Waals surface area (Å²) in [7, 11) is 0. The molecule has 0 spiro atoms. The number of carbonyl (C=O) groups is 6. The lowest BCUT2D eigenvalue weighted by Gasteiger charge is -2.19. The highest BCUT2D eigenvalue weighted by Crippen LogP contribution is 2.15. The predicted molar refractivity (Wildman–Crippen MR) is 143 cm³/mol. The van der Waals surface area contributed by atoms with Gasteiger partial charge in [-0.2, -0.15) is 11.8 Å². The largest absolute Gasteiger partial charge is 0.481 e. The van der Waals surface area contributed by atoms with E-state index in [4.69, 9.17) is 25.1 Å². The molecular weight excluding hydrogens is 534 g/mol. The van der Waals surface area contributed by atoms with E-state index in [0.717, 1.165) is 0 Å². The Bertz CT molecular complexity index is 790. The van der Waals surface area contributed by atoms with Crippen molar-refractivity contribution < 1.29 is 53.2 Å². The van der Waals surface area contributed by atoms with Crippen LogP contribution in [0.1, 0.15) is 71.6 Å². The van der Waals surface area contributed by atoms with Gasteiger partial charge in [0.25, 0.3) is 0 Å². The van der Waals surface area contributed by atoms with Gasteiger partial charge in [-0.25, -0.2) is 0 Å². The zero-order valence-corrected chi connectivity index (χ0v) is 23.7. The topological polar surface area (TPSA) is 197 Å². The minimum atomic E-state index is -1.04. The van der Waals surface area contributed by atoms with E-state index in [9.17, 15) is 33.9 Å². The Morgan fingerprint density at radius 2 is 1.54 bits per heavy atom. The van der Waals surface area contributed by atoms with Crippen molar-refractivity contribution in [3.63, 3.8) is 0 Å². The molecule has 13 heteroatoms. The smallest absolute Gasteiger partial charge is 0.305 e. The van der Waals surface area contributed by atoms with Crippen molar-refractivity contribution >= 4 is 47.0 Å². The molecule has 0 aromatic rings. The van der Waals surface area contributed by atoms with Crippen LogP contribution in [-0.2, 0) is 43.0 Å². The molecular formula is C26H43NO11S. The van der Waals surface area contributed by atoms with Crippen LogP contribution in [0.3, 0.4) is 0 Å². The summed E-state index contributed by atoms with van der Waals surface area (Å²) in [6.07, 6.45) is 0.321. The number of Topliss-reactive ketones (excluding diaryl/α,β-unsaturated/α-hetero) is 3. The van der Waals surface area contributed by atoms with E-state index in [1.807, 2.05) is 0 Å². The predicted octanol–water partition coefficient (Wildman–Crippen LogP) is 1.47. The van der Waals surface area contributed by atoms with Crippen molar-refractivity contribution in [2.45, 2.75) is 83.8 Å². The number of carbonyl (C=O) groups excluding carboxylic acids is 5. The number of hydrogen-bond acceptors (Lipinski definition) is 12. The number of thioether (sulfide) groups is 1. The van der Waals surface area contributed by atoms with E-state index in [1.54, 1.807) is 13.8 Å². The third-order valence-corrected chi connectivity index (χ3v) is 6.77. The first-order chi connectivity index (χ1) is 18.5. The number of carboxylic acids is 1. The number of ether oxygens (including phenoxy) is 3. The van der Waals surface area contributed by atoms with Gasteiger partial charge in [-0.3, -0.25) is 28.8 Å². The van der Waals surface area contributed by atoms with E-state index >= 15 is 0 Å². The molecule has 3 atom stereocenters. The molecule has 4 N–H and O–H groups in total. The van der Waals surface area contributed by atoms with Gasteiger partial charge in [-0.05, 0) is 6.42 Å². The zero-order chi connectivity index (χ0) is 29.6. The molecule has 0 fully saturated rings. The van der Waals surface area contributed by atoms with Crippen LogP contribution in [0.25, 0.3) is 0 Å². The zero-order valence-electron chi connectivity index (χ0n) is 22.9. The van der Waals surface area contributed by atoms with Crippen molar-refractivity contribution in [1.29, 1.82) is 0 Å². The first-order valence-electron chi connectivity index (χ1n) is 13.2. The molecule has 0 amide bonds. The Balaban J connectivity index is 4.37. The Morgan fingerprint density at radius 1 is 0.846 bits per heavy atom. The fourth-order valence-electron chi connectivity index (χ4n) is 3.16. The first-order valence-corrected chi connectivity index (χ1v) is 14.3. The van der Waals surface area contributed by atoms with Crippen LogP contribution in [0.5, 0.6) is 0 Å². The first kappa shape index (κ1) is 36.6. The maximum atomic E-state index is 12.5. The second-order valence-electron chi connectivity index (χ2n) is 8.89. The number of rotatable bonds is 25. The van der Waals surface area contributed by atoms with Gasteiger partial charge < -0.3 is 30.2 Å². The molecule has 0 aliphatic carbocycles. The molecule has 0 saturated carbocycles. The Labute approximate surface area is 233 Å². The molecule has 0 heterocycles. The molecule has 224 valence electrons. The summed E-state index contributed by atoms with van der Waals surface area (Å²) in [5, 5.41) is 18.2. The highest BCUT2D eigenvalue weighted by Gasteiger charge is 2.24. The molecule has 12 nitrogen and oxygen atoms in total. The summed E-state index contributed by atoms with van der Waals surface area (Å²) in [4.78, 5) is 69.9. The summed E-state index contributed by atoms with van der Waals surface area (Å²) in [5.41, 5.74) is 5.99. The highest BCUT2D eigenvalue weighted by atomic mass is 32.2. The Kier molecular flexibility index (Phi) is 21.1. The fraction of sp³-hybridized carbons (Fsp3) is 0.769. The number of aliphatic hydroxyl groups excluding tert-OH is 1. The summed E-state index contributed by atoms with van der Waals surface area (Å²) in [5.74, 6) is -2.95. The molecule has 0 rings (SSSR count). The van der Waals surface area contributed by atoms with Gasteiger partial charge in [0, 0.05) is 69.0 Å². The number of hydrogen-bond donors (Lipinski definition) is 3. The lowest BCUT2D eigenvalue weighted by atomic mass is 9.93. The van der Waals surface area contributed by atoms with Crippen LogP contribution < -0.4 is 5.73 Å². The maximum Gasteiger partial charge on any atom is 0.305 e. The molecule has 0 radical (unpaired) electrons. The Morgan fingerprint density at radius 3 is 2.15 bits per heavy atom. The van der Waals surface area contributed by atoms with Crippen LogP contribution in [-0.4, -0.2) is 95.5 Å². The summed E-state index contributed by atoms with van der Waals surface area (Å²) in [6, 6.07) is -0.876. The van der Waals surface area contributed by atoms with E-state index in [1.165, 1.54) is 11.8 Å². The van der Waals surface area contributed by atoms with Gasteiger partial charge in [0.2, 0.25) is 0 Å². The maximum absolute atomic E-state index is 12.5. The molecule has 0 saturated heterocycles. The monoisotopic (exact) mass is 577 g/mol. The van der Waals surface area contributed by atoms with Crippen LogP contribution in [0.4, 0.5) is 0 Å². The van der Waals surface area contributed by atoms with Gasteiger partial charge in [0.15, 0.2) is 5.78 Å². The third kappa shape index (κ3) is 19.4. The van der Waals surface area contributed by atoms with Crippen LogP contribution >= 0.6 is 11.8 Å². The molecule has 0 aromatic carbocycles. The van der Waals surface area contributed by atoms with Gasteiger partial charge in [-0.15, -0.1) is 0 Å². The summed E-state index contributed by atoms with van der Waals surface area (Å²) < 4.78 is 15.7. The van der Waals surface area contributed by atoms with E-state index in [2.05, 4.69) is 0 Å². The Hall–Kier alpha value is -2.35. The van der Waals surface area contributed by atoms with Crippen LogP contribution in [0, 0.1) is 5.92 Å². The van der Waals surface area contributed by atoms with Crippen LogP contribution in [0.15, 0.2) is 0 Å². The molecule has 0 aromatic heterocycles. The minimum absolute atomic E-state index is 0.0485.